The van der Waals surface area contributed by atoms with Crippen LogP contribution in [-0.4, -0.2) is 61.3 Å². The van der Waals surface area contributed by atoms with Gasteiger partial charge in [0.25, 0.3) is 0 Å². The summed E-state index contributed by atoms with van der Waals surface area (Å²) in [5.74, 6) is -1.90. The van der Waals surface area contributed by atoms with E-state index in [9.17, 15) is 35.4 Å². The highest BCUT2D eigenvalue weighted by atomic mass is 16.7. The molecule has 1 fully saturated rings. The molecule has 164 valence electrons. The van der Waals surface area contributed by atoms with Crippen molar-refractivity contribution < 1.29 is 44.5 Å². The lowest BCUT2D eigenvalue weighted by Crippen LogP contribution is -2.58. The highest BCUT2D eigenvalue weighted by Gasteiger charge is 2.44. The molecule has 0 spiro atoms. The fraction of sp³-hybridized carbons (Fsp3) is 0.286. The molecule has 1 aliphatic rings. The van der Waals surface area contributed by atoms with Crippen LogP contribution in [0.5, 0.6) is 23.0 Å². The lowest BCUT2D eigenvalue weighted by molar-refractivity contribution is -0.268. The van der Waals surface area contributed by atoms with E-state index in [-0.39, 0.29) is 28.0 Å². The summed E-state index contributed by atoms with van der Waals surface area (Å²) in [5.41, 5.74) is -0.633. The van der Waals surface area contributed by atoms with Gasteiger partial charge in [0.05, 0.1) is 6.10 Å². The number of phenolic OH excluding ortho intramolecular Hbond substituents is 3. The molecule has 0 radical (unpaired) electrons. The summed E-state index contributed by atoms with van der Waals surface area (Å²) in [5, 5.41) is 59.6. The van der Waals surface area contributed by atoms with Gasteiger partial charge in [0, 0.05) is 5.56 Å². The average Bonchev–Trinajstić information content (AvgIpc) is 2.74. The molecule has 0 aliphatic carbocycles. The Morgan fingerprint density at radius 3 is 2.35 bits per heavy atom. The molecule has 31 heavy (non-hydrogen) atoms. The third kappa shape index (κ3) is 3.55. The maximum absolute atomic E-state index is 13.2. The average molecular weight is 432 g/mol. The van der Waals surface area contributed by atoms with E-state index in [2.05, 4.69) is 0 Å². The molecule has 10 heteroatoms. The van der Waals surface area contributed by atoms with Gasteiger partial charge < -0.3 is 44.5 Å². The summed E-state index contributed by atoms with van der Waals surface area (Å²) in [6.07, 6.45) is -7.16. The van der Waals surface area contributed by atoms with Crippen molar-refractivity contribution in [2.24, 2.45) is 0 Å². The van der Waals surface area contributed by atoms with Crippen LogP contribution < -0.4 is 10.2 Å². The number of aliphatic hydroxyl groups is 3. The molecular weight excluding hydrogens is 412 g/mol. The standard InChI is InChI=1S/C21H20O10/c1-8-15(25)17(27)18(28)21(29-8)31-20-16(26)14-11(23)3-2-4-13(14)30-19(20)9-5-6-10(22)12(24)7-9/h2-8,15,17-18,21-25,27-28H,1H3/t8-,15?,17+,18?,21+/m1/s1. The Bertz CT molecular complexity index is 1190. The van der Waals surface area contributed by atoms with Crippen molar-refractivity contribution in [1.29, 1.82) is 0 Å². The smallest absolute Gasteiger partial charge is 0.239 e. The van der Waals surface area contributed by atoms with Crippen molar-refractivity contribution in [2.75, 3.05) is 0 Å². The fourth-order valence-corrected chi connectivity index (χ4v) is 3.39. The summed E-state index contributed by atoms with van der Waals surface area (Å²) in [6, 6.07) is 7.85. The molecule has 6 N–H and O–H groups in total. The summed E-state index contributed by atoms with van der Waals surface area (Å²) in [7, 11) is 0. The second kappa shape index (κ2) is 7.75. The number of phenols is 3. The quantitative estimate of drug-likeness (QED) is 0.325. The lowest BCUT2D eigenvalue weighted by atomic mass is 10.00. The van der Waals surface area contributed by atoms with Gasteiger partial charge in [0.1, 0.15) is 35.0 Å². The number of fused-ring (bicyclic) bond motifs is 1. The van der Waals surface area contributed by atoms with Crippen molar-refractivity contribution in [3.63, 3.8) is 0 Å². The van der Waals surface area contributed by atoms with E-state index < -0.39 is 53.4 Å². The van der Waals surface area contributed by atoms with E-state index in [1.165, 1.54) is 37.3 Å². The van der Waals surface area contributed by atoms with Crippen LogP contribution in [0.2, 0.25) is 0 Å². The lowest BCUT2D eigenvalue weighted by Gasteiger charge is -2.38. The molecule has 10 nitrogen and oxygen atoms in total. The molecule has 1 aromatic heterocycles. The number of hydrogen-bond acceptors (Lipinski definition) is 10. The molecule has 3 aromatic rings. The number of aromatic hydroxyl groups is 3. The van der Waals surface area contributed by atoms with Gasteiger partial charge in [0.2, 0.25) is 17.5 Å². The van der Waals surface area contributed by atoms with E-state index in [1.54, 1.807) is 0 Å². The third-order valence-electron chi connectivity index (χ3n) is 5.14. The van der Waals surface area contributed by atoms with Crippen LogP contribution in [0.4, 0.5) is 0 Å². The summed E-state index contributed by atoms with van der Waals surface area (Å²) >= 11 is 0. The maximum Gasteiger partial charge on any atom is 0.239 e. The van der Waals surface area contributed by atoms with Crippen LogP contribution in [0.25, 0.3) is 22.3 Å². The Kier molecular flexibility index (Phi) is 5.23. The van der Waals surface area contributed by atoms with Gasteiger partial charge in [-0.15, -0.1) is 0 Å². The van der Waals surface area contributed by atoms with Crippen LogP contribution >= 0.6 is 0 Å². The van der Waals surface area contributed by atoms with Gasteiger partial charge >= 0.3 is 0 Å². The minimum Gasteiger partial charge on any atom is -0.507 e. The first-order valence-corrected chi connectivity index (χ1v) is 9.36. The van der Waals surface area contributed by atoms with E-state index in [4.69, 9.17) is 13.9 Å². The number of aliphatic hydroxyl groups excluding tert-OH is 3. The van der Waals surface area contributed by atoms with Crippen LogP contribution in [0, 0.1) is 0 Å². The summed E-state index contributed by atoms with van der Waals surface area (Å²) < 4.78 is 16.8. The van der Waals surface area contributed by atoms with E-state index in [1.807, 2.05) is 0 Å². The Balaban J connectivity index is 1.90. The molecule has 2 aromatic carbocycles. The predicted molar refractivity (Wildman–Crippen MR) is 106 cm³/mol. The van der Waals surface area contributed by atoms with Crippen LogP contribution in [-0.2, 0) is 4.74 Å². The van der Waals surface area contributed by atoms with Gasteiger partial charge in [-0.25, -0.2) is 0 Å². The van der Waals surface area contributed by atoms with Gasteiger partial charge in [-0.05, 0) is 37.3 Å². The predicted octanol–water partition coefficient (Wildman–Crippen LogP) is 0.783. The molecular formula is C21H20O10. The third-order valence-corrected chi connectivity index (χ3v) is 5.14. The monoisotopic (exact) mass is 432 g/mol. The number of rotatable bonds is 3. The first kappa shape index (κ1) is 20.9. The molecule has 2 unspecified atom stereocenters. The van der Waals surface area contributed by atoms with Crippen molar-refractivity contribution in [2.45, 2.75) is 37.6 Å². The molecule has 0 bridgehead atoms. The normalized spacial score (nSPS) is 26.1. The van der Waals surface area contributed by atoms with Gasteiger partial charge in [0.15, 0.2) is 17.3 Å². The van der Waals surface area contributed by atoms with Gasteiger partial charge in [-0.1, -0.05) is 6.07 Å². The van der Waals surface area contributed by atoms with E-state index in [0.717, 1.165) is 6.07 Å². The Morgan fingerprint density at radius 1 is 0.903 bits per heavy atom. The minimum atomic E-state index is -1.70. The van der Waals surface area contributed by atoms with E-state index >= 15 is 0 Å². The number of hydrogen-bond donors (Lipinski definition) is 6. The van der Waals surface area contributed by atoms with Crippen molar-refractivity contribution in [3.8, 4) is 34.3 Å². The summed E-state index contributed by atoms with van der Waals surface area (Å²) in [4.78, 5) is 13.2. The van der Waals surface area contributed by atoms with Crippen molar-refractivity contribution >= 4 is 11.0 Å². The molecule has 5 atom stereocenters. The van der Waals surface area contributed by atoms with Crippen LogP contribution in [0.3, 0.4) is 0 Å². The molecule has 2 heterocycles. The summed E-state index contributed by atoms with van der Waals surface area (Å²) in [6.45, 7) is 1.45. The highest BCUT2D eigenvalue weighted by molar-refractivity contribution is 5.87. The maximum atomic E-state index is 13.2. The minimum absolute atomic E-state index is 0.0221. The first-order chi connectivity index (χ1) is 14.7. The second-order valence-corrected chi connectivity index (χ2v) is 7.24. The largest absolute Gasteiger partial charge is 0.507 e. The fourth-order valence-electron chi connectivity index (χ4n) is 3.39. The molecule has 0 saturated carbocycles. The molecule has 1 aliphatic heterocycles. The number of ether oxygens (including phenoxy) is 2. The highest BCUT2D eigenvalue weighted by Crippen LogP contribution is 2.38. The molecule has 0 amide bonds. The van der Waals surface area contributed by atoms with Crippen LogP contribution in [0.1, 0.15) is 6.92 Å². The van der Waals surface area contributed by atoms with Gasteiger partial charge in [-0.3, -0.25) is 4.79 Å². The SMILES string of the molecule is C[C@H]1O[C@@H](Oc2c(-c3ccc(O)c(O)c3)oc3cccc(O)c3c2=O)C(O)[C@@H](O)C1O. The zero-order valence-electron chi connectivity index (χ0n) is 16.2. The van der Waals surface area contributed by atoms with E-state index in [0.29, 0.717) is 0 Å². The molecule has 1 saturated heterocycles. The molecule has 4 rings (SSSR count). The van der Waals surface area contributed by atoms with Crippen LogP contribution in [0.15, 0.2) is 45.6 Å². The van der Waals surface area contributed by atoms with Gasteiger partial charge in [-0.2, -0.15) is 0 Å². The Labute approximate surface area is 174 Å². The first-order valence-electron chi connectivity index (χ1n) is 9.36. The topological polar surface area (TPSA) is 170 Å². The second-order valence-electron chi connectivity index (χ2n) is 7.24. The Hall–Kier alpha value is -3.31. The van der Waals surface area contributed by atoms with Crippen molar-refractivity contribution in [3.05, 3.63) is 46.6 Å². The zero-order valence-corrected chi connectivity index (χ0v) is 16.2. The zero-order chi connectivity index (χ0) is 22.4. The van der Waals surface area contributed by atoms with Crippen molar-refractivity contribution in [1.82, 2.24) is 0 Å². The number of benzene rings is 2. The Morgan fingerprint density at radius 2 is 1.65 bits per heavy atom.